The van der Waals surface area contributed by atoms with Gasteiger partial charge in [-0.05, 0) is 19.8 Å². The summed E-state index contributed by atoms with van der Waals surface area (Å²) in [6.45, 7) is 1.79. The van der Waals surface area contributed by atoms with Gasteiger partial charge in [-0.2, -0.15) is 0 Å². The maximum absolute atomic E-state index is 10.8. The number of rotatable bonds is 2. The standard InChI is InChI=1S/C6H9ClO2S/c1-2-3-6(4-5-6)10(7,8)9/h2-3H,4-5H2,1H3. The number of hydrogen-bond acceptors (Lipinski definition) is 2. The van der Waals surface area contributed by atoms with Gasteiger partial charge in [0.2, 0.25) is 9.05 Å². The molecular weight excluding hydrogens is 172 g/mol. The van der Waals surface area contributed by atoms with Gasteiger partial charge >= 0.3 is 0 Å². The Morgan fingerprint density at radius 2 is 2.00 bits per heavy atom. The SMILES string of the molecule is CC=CC1(S(=O)(=O)Cl)CC1. The summed E-state index contributed by atoms with van der Waals surface area (Å²) < 4.78 is 20.9. The highest BCUT2D eigenvalue weighted by Gasteiger charge is 2.51. The molecule has 58 valence electrons. The van der Waals surface area contributed by atoms with Gasteiger partial charge in [-0.25, -0.2) is 8.42 Å². The highest BCUT2D eigenvalue weighted by atomic mass is 35.7. The molecule has 0 saturated heterocycles. The van der Waals surface area contributed by atoms with Crippen molar-refractivity contribution in [3.05, 3.63) is 12.2 Å². The van der Waals surface area contributed by atoms with Crippen molar-refractivity contribution in [2.75, 3.05) is 0 Å². The summed E-state index contributed by atoms with van der Waals surface area (Å²) >= 11 is 0. The fourth-order valence-electron chi connectivity index (χ4n) is 0.919. The first-order valence-corrected chi connectivity index (χ1v) is 5.41. The molecule has 0 atom stereocenters. The average Bonchev–Trinajstić information content (AvgIpc) is 2.45. The van der Waals surface area contributed by atoms with Gasteiger partial charge < -0.3 is 0 Å². The molecule has 1 aliphatic rings. The van der Waals surface area contributed by atoms with Crippen LogP contribution in [-0.2, 0) is 9.05 Å². The van der Waals surface area contributed by atoms with E-state index in [1.807, 2.05) is 0 Å². The van der Waals surface area contributed by atoms with E-state index in [0.29, 0.717) is 12.8 Å². The fourth-order valence-corrected chi connectivity index (χ4v) is 2.42. The highest BCUT2D eigenvalue weighted by Crippen LogP contribution is 2.46. The van der Waals surface area contributed by atoms with Crippen LogP contribution in [0.25, 0.3) is 0 Å². The van der Waals surface area contributed by atoms with Crippen LogP contribution in [-0.4, -0.2) is 13.2 Å². The summed E-state index contributed by atoms with van der Waals surface area (Å²) in [6, 6.07) is 0. The third-order valence-corrected chi connectivity index (χ3v) is 4.14. The third-order valence-electron chi connectivity index (χ3n) is 1.70. The van der Waals surface area contributed by atoms with Crippen molar-refractivity contribution in [3.63, 3.8) is 0 Å². The fraction of sp³-hybridized carbons (Fsp3) is 0.667. The zero-order valence-corrected chi connectivity index (χ0v) is 7.24. The number of allylic oxidation sites excluding steroid dienone is 1. The largest absolute Gasteiger partial charge is 0.241 e. The molecule has 0 aliphatic heterocycles. The summed E-state index contributed by atoms with van der Waals surface area (Å²) in [4.78, 5) is 0. The van der Waals surface area contributed by atoms with Crippen LogP contribution in [0.1, 0.15) is 19.8 Å². The van der Waals surface area contributed by atoms with E-state index >= 15 is 0 Å². The van der Waals surface area contributed by atoms with E-state index in [4.69, 9.17) is 10.7 Å². The quantitative estimate of drug-likeness (QED) is 0.479. The zero-order valence-electron chi connectivity index (χ0n) is 5.67. The van der Waals surface area contributed by atoms with E-state index < -0.39 is 13.8 Å². The topological polar surface area (TPSA) is 34.1 Å². The number of halogens is 1. The molecule has 1 aliphatic carbocycles. The van der Waals surface area contributed by atoms with Crippen molar-refractivity contribution in [2.45, 2.75) is 24.5 Å². The summed E-state index contributed by atoms with van der Waals surface area (Å²) in [5, 5.41) is 0. The van der Waals surface area contributed by atoms with Crippen LogP contribution in [0.15, 0.2) is 12.2 Å². The molecule has 0 spiro atoms. The monoisotopic (exact) mass is 180 g/mol. The predicted molar refractivity (Wildman–Crippen MR) is 41.6 cm³/mol. The Kier molecular flexibility index (Phi) is 1.81. The molecule has 0 bridgehead atoms. The minimum Gasteiger partial charge on any atom is -0.211 e. The minimum atomic E-state index is -3.37. The van der Waals surface area contributed by atoms with Crippen molar-refractivity contribution in [1.29, 1.82) is 0 Å². The smallest absolute Gasteiger partial charge is 0.211 e. The molecule has 0 N–H and O–H groups in total. The minimum absolute atomic E-state index is 0.670. The summed E-state index contributed by atoms with van der Waals surface area (Å²) in [6.07, 6.45) is 4.73. The second-order valence-corrected chi connectivity index (χ2v) is 5.41. The van der Waals surface area contributed by atoms with Crippen LogP contribution in [0.4, 0.5) is 0 Å². The van der Waals surface area contributed by atoms with E-state index in [0.717, 1.165) is 0 Å². The first-order valence-electron chi connectivity index (χ1n) is 3.10. The lowest BCUT2D eigenvalue weighted by Gasteiger charge is -2.01. The highest BCUT2D eigenvalue weighted by molar-refractivity contribution is 8.15. The van der Waals surface area contributed by atoms with Crippen LogP contribution in [0.3, 0.4) is 0 Å². The van der Waals surface area contributed by atoms with E-state index in [1.165, 1.54) is 0 Å². The second-order valence-electron chi connectivity index (χ2n) is 2.50. The predicted octanol–water partition coefficient (Wildman–Crippen LogP) is 1.66. The third kappa shape index (κ3) is 1.20. The summed E-state index contributed by atoms with van der Waals surface area (Å²) in [5.41, 5.74) is 0. The van der Waals surface area contributed by atoms with E-state index in [9.17, 15) is 8.42 Å². The Labute approximate surface area is 65.3 Å². The first-order chi connectivity index (χ1) is 4.52. The van der Waals surface area contributed by atoms with Crippen LogP contribution >= 0.6 is 10.7 Å². The van der Waals surface area contributed by atoms with Crippen molar-refractivity contribution in [3.8, 4) is 0 Å². The molecule has 10 heavy (non-hydrogen) atoms. The first kappa shape index (κ1) is 8.08. The van der Waals surface area contributed by atoms with Crippen molar-refractivity contribution in [2.24, 2.45) is 0 Å². The Morgan fingerprint density at radius 1 is 1.50 bits per heavy atom. The van der Waals surface area contributed by atoms with Crippen LogP contribution < -0.4 is 0 Å². The van der Waals surface area contributed by atoms with Crippen molar-refractivity contribution in [1.82, 2.24) is 0 Å². The summed E-state index contributed by atoms with van der Waals surface area (Å²) in [5.74, 6) is 0. The van der Waals surface area contributed by atoms with Gasteiger partial charge in [0.1, 0.15) is 4.75 Å². The van der Waals surface area contributed by atoms with Crippen molar-refractivity contribution >= 4 is 19.7 Å². The van der Waals surface area contributed by atoms with Gasteiger partial charge in [0, 0.05) is 10.7 Å². The molecule has 0 unspecified atom stereocenters. The van der Waals surface area contributed by atoms with E-state index in [-0.39, 0.29) is 0 Å². The zero-order chi connectivity index (χ0) is 7.83. The average molecular weight is 181 g/mol. The van der Waals surface area contributed by atoms with Crippen LogP contribution in [0.5, 0.6) is 0 Å². The van der Waals surface area contributed by atoms with Crippen LogP contribution in [0, 0.1) is 0 Å². The lowest BCUT2D eigenvalue weighted by Crippen LogP contribution is -2.13. The number of hydrogen-bond donors (Lipinski definition) is 0. The normalized spacial score (nSPS) is 23.4. The Balaban J connectivity index is 2.91. The molecule has 1 fully saturated rings. The molecule has 4 heteroatoms. The van der Waals surface area contributed by atoms with E-state index in [2.05, 4.69) is 0 Å². The van der Waals surface area contributed by atoms with E-state index in [1.54, 1.807) is 19.1 Å². The second kappa shape index (κ2) is 2.24. The molecule has 0 aromatic heterocycles. The Morgan fingerprint density at radius 3 is 2.10 bits per heavy atom. The molecule has 0 radical (unpaired) electrons. The van der Waals surface area contributed by atoms with Gasteiger partial charge in [-0.1, -0.05) is 12.2 Å². The molecule has 0 aromatic carbocycles. The lowest BCUT2D eigenvalue weighted by atomic mass is 10.4. The van der Waals surface area contributed by atoms with Gasteiger partial charge in [-0.3, -0.25) is 0 Å². The maximum Gasteiger partial charge on any atom is 0.241 e. The molecular formula is C6H9ClO2S. The van der Waals surface area contributed by atoms with Gasteiger partial charge in [-0.15, -0.1) is 0 Å². The van der Waals surface area contributed by atoms with Crippen molar-refractivity contribution < 1.29 is 8.42 Å². The Hall–Kier alpha value is -0.0200. The summed E-state index contributed by atoms with van der Waals surface area (Å²) in [7, 11) is 1.82. The molecule has 1 rings (SSSR count). The molecule has 2 nitrogen and oxygen atoms in total. The molecule has 0 heterocycles. The molecule has 0 aromatic rings. The van der Waals surface area contributed by atoms with Gasteiger partial charge in [0.25, 0.3) is 0 Å². The lowest BCUT2D eigenvalue weighted by molar-refractivity contribution is 0.601. The van der Waals surface area contributed by atoms with Crippen LogP contribution in [0.2, 0.25) is 0 Å². The van der Waals surface area contributed by atoms with Gasteiger partial charge in [0.15, 0.2) is 0 Å². The maximum atomic E-state index is 10.8. The van der Waals surface area contributed by atoms with Gasteiger partial charge in [0.05, 0.1) is 0 Å². The molecule has 1 saturated carbocycles. The Bertz CT molecular complexity index is 249. The molecule has 0 amide bonds.